The second-order valence-corrected chi connectivity index (χ2v) is 4.35. The molecule has 2 rings (SSSR count). The molecule has 1 fully saturated rings. The van der Waals surface area contributed by atoms with E-state index in [1.807, 2.05) is 0 Å². The smallest absolute Gasteiger partial charge is 0.119 e. The predicted molar refractivity (Wildman–Crippen MR) is 62.2 cm³/mol. The van der Waals surface area contributed by atoms with Gasteiger partial charge in [0.25, 0.3) is 0 Å². The number of rotatable bonds is 4. The van der Waals surface area contributed by atoms with Crippen LogP contribution in [0.4, 0.5) is 0 Å². The molecule has 0 unspecified atom stereocenters. The van der Waals surface area contributed by atoms with Gasteiger partial charge in [0, 0.05) is 6.04 Å². The zero-order valence-electron chi connectivity index (χ0n) is 9.28. The van der Waals surface area contributed by atoms with Crippen LogP contribution in [0.2, 0.25) is 0 Å². The van der Waals surface area contributed by atoms with Crippen LogP contribution in [-0.2, 0) is 0 Å². The van der Waals surface area contributed by atoms with Crippen molar-refractivity contribution in [1.82, 2.24) is 0 Å². The van der Waals surface area contributed by atoms with Gasteiger partial charge in [0.1, 0.15) is 5.75 Å². The molecule has 1 saturated carbocycles. The summed E-state index contributed by atoms with van der Waals surface area (Å²) in [7, 11) is 0. The fraction of sp³-hybridized carbons (Fsp3) is 0.538. The topological polar surface area (TPSA) is 35.2 Å². The highest BCUT2D eigenvalue weighted by atomic mass is 16.5. The average molecular weight is 205 g/mol. The van der Waals surface area contributed by atoms with Gasteiger partial charge in [0.05, 0.1) is 6.61 Å². The Morgan fingerprint density at radius 3 is 2.47 bits per heavy atom. The summed E-state index contributed by atoms with van der Waals surface area (Å²) in [6.45, 7) is 2.91. The van der Waals surface area contributed by atoms with Crippen molar-refractivity contribution in [3.63, 3.8) is 0 Å². The largest absolute Gasteiger partial charge is 0.494 e. The Hall–Kier alpha value is -1.02. The molecule has 0 bridgehead atoms. The predicted octanol–water partition coefficient (Wildman–Crippen LogP) is 2.68. The first-order chi connectivity index (χ1) is 7.29. The van der Waals surface area contributed by atoms with Gasteiger partial charge >= 0.3 is 0 Å². The molecule has 0 aliphatic heterocycles. The summed E-state index contributed by atoms with van der Waals surface area (Å²) in [6.07, 6.45) is 3.32. The summed E-state index contributed by atoms with van der Waals surface area (Å²) < 4.78 is 5.54. The minimum absolute atomic E-state index is 0.422. The molecular formula is C13H19NO. The van der Waals surface area contributed by atoms with Crippen LogP contribution in [0.1, 0.15) is 37.7 Å². The van der Waals surface area contributed by atoms with E-state index in [9.17, 15) is 0 Å². The normalized spacial score (nSPS) is 24.7. The molecule has 0 amide bonds. The van der Waals surface area contributed by atoms with Gasteiger partial charge in [-0.05, 0) is 42.9 Å². The molecule has 0 atom stereocenters. The number of hydrogen-bond donors (Lipinski definition) is 1. The van der Waals surface area contributed by atoms with Crippen molar-refractivity contribution in [2.45, 2.75) is 38.1 Å². The average Bonchev–Trinajstić information content (AvgIpc) is 2.23. The van der Waals surface area contributed by atoms with Crippen LogP contribution in [0.3, 0.4) is 0 Å². The third kappa shape index (κ3) is 2.51. The highest BCUT2D eigenvalue weighted by Crippen LogP contribution is 2.36. The highest BCUT2D eigenvalue weighted by Gasteiger charge is 2.26. The van der Waals surface area contributed by atoms with Gasteiger partial charge in [-0.2, -0.15) is 0 Å². The molecule has 0 saturated heterocycles. The molecule has 1 aromatic carbocycles. The summed E-state index contributed by atoms with van der Waals surface area (Å²) in [5, 5.41) is 0. The lowest BCUT2D eigenvalue weighted by molar-refractivity contribution is 0.316. The van der Waals surface area contributed by atoms with E-state index in [-0.39, 0.29) is 0 Å². The number of nitrogens with two attached hydrogens (primary N) is 1. The summed E-state index contributed by atoms with van der Waals surface area (Å²) in [4.78, 5) is 0. The maximum atomic E-state index is 5.78. The van der Waals surface area contributed by atoms with E-state index in [4.69, 9.17) is 10.5 Å². The van der Waals surface area contributed by atoms with E-state index < -0.39 is 0 Å². The van der Waals surface area contributed by atoms with E-state index in [1.54, 1.807) is 0 Å². The lowest BCUT2D eigenvalue weighted by atomic mass is 9.76. The third-order valence-electron chi connectivity index (χ3n) is 3.00. The van der Waals surface area contributed by atoms with Gasteiger partial charge in [0.15, 0.2) is 0 Å². The van der Waals surface area contributed by atoms with Crippen LogP contribution in [0.5, 0.6) is 5.75 Å². The SMILES string of the molecule is CCCOc1ccc(C2CC(N)C2)cc1. The first kappa shape index (κ1) is 10.5. The van der Waals surface area contributed by atoms with Gasteiger partial charge in [0.2, 0.25) is 0 Å². The Balaban J connectivity index is 1.92. The second kappa shape index (κ2) is 4.67. The Morgan fingerprint density at radius 2 is 1.93 bits per heavy atom. The van der Waals surface area contributed by atoms with Gasteiger partial charge in [-0.15, -0.1) is 0 Å². The Labute approximate surface area is 91.4 Å². The van der Waals surface area contributed by atoms with E-state index in [2.05, 4.69) is 31.2 Å². The summed E-state index contributed by atoms with van der Waals surface area (Å²) >= 11 is 0. The molecule has 0 heterocycles. The molecule has 0 spiro atoms. The minimum Gasteiger partial charge on any atom is -0.494 e. The van der Waals surface area contributed by atoms with Crippen molar-refractivity contribution in [3.05, 3.63) is 29.8 Å². The number of hydrogen-bond acceptors (Lipinski definition) is 2. The third-order valence-corrected chi connectivity index (χ3v) is 3.00. The Kier molecular flexibility index (Phi) is 3.27. The molecule has 0 radical (unpaired) electrons. The van der Waals surface area contributed by atoms with Crippen molar-refractivity contribution in [2.75, 3.05) is 6.61 Å². The standard InChI is InChI=1S/C13H19NO/c1-2-7-15-13-5-3-10(4-6-13)11-8-12(14)9-11/h3-6,11-12H,2,7-9,14H2,1H3. The van der Waals surface area contributed by atoms with Crippen molar-refractivity contribution in [2.24, 2.45) is 5.73 Å². The van der Waals surface area contributed by atoms with Crippen molar-refractivity contribution in [3.8, 4) is 5.75 Å². The van der Waals surface area contributed by atoms with Crippen LogP contribution in [0.25, 0.3) is 0 Å². The van der Waals surface area contributed by atoms with Gasteiger partial charge < -0.3 is 10.5 Å². The summed E-state index contributed by atoms with van der Waals surface area (Å²) in [5.41, 5.74) is 7.18. The van der Waals surface area contributed by atoms with Crippen LogP contribution < -0.4 is 10.5 Å². The molecule has 2 heteroatoms. The van der Waals surface area contributed by atoms with E-state index >= 15 is 0 Å². The molecule has 2 nitrogen and oxygen atoms in total. The summed E-state index contributed by atoms with van der Waals surface area (Å²) in [5.74, 6) is 1.66. The molecule has 1 aliphatic rings. The van der Waals surface area contributed by atoms with Crippen LogP contribution in [0.15, 0.2) is 24.3 Å². The molecule has 0 aromatic heterocycles. The van der Waals surface area contributed by atoms with Crippen molar-refractivity contribution < 1.29 is 4.74 Å². The zero-order chi connectivity index (χ0) is 10.7. The second-order valence-electron chi connectivity index (χ2n) is 4.35. The van der Waals surface area contributed by atoms with Gasteiger partial charge in [-0.1, -0.05) is 19.1 Å². The van der Waals surface area contributed by atoms with Gasteiger partial charge in [-0.25, -0.2) is 0 Å². The van der Waals surface area contributed by atoms with Crippen LogP contribution >= 0.6 is 0 Å². The quantitative estimate of drug-likeness (QED) is 0.820. The van der Waals surface area contributed by atoms with Crippen molar-refractivity contribution in [1.29, 1.82) is 0 Å². The van der Waals surface area contributed by atoms with Crippen molar-refractivity contribution >= 4 is 0 Å². The number of ether oxygens (including phenoxy) is 1. The molecule has 15 heavy (non-hydrogen) atoms. The maximum Gasteiger partial charge on any atom is 0.119 e. The molecule has 1 aliphatic carbocycles. The molecule has 2 N–H and O–H groups in total. The molecule has 1 aromatic rings. The fourth-order valence-corrected chi connectivity index (χ4v) is 1.99. The van der Waals surface area contributed by atoms with Crippen LogP contribution in [0, 0.1) is 0 Å². The fourth-order valence-electron chi connectivity index (χ4n) is 1.99. The van der Waals surface area contributed by atoms with Gasteiger partial charge in [-0.3, -0.25) is 0 Å². The highest BCUT2D eigenvalue weighted by molar-refractivity contribution is 5.30. The van der Waals surface area contributed by atoms with Crippen LogP contribution in [-0.4, -0.2) is 12.6 Å². The van der Waals surface area contributed by atoms with E-state index in [0.29, 0.717) is 12.0 Å². The monoisotopic (exact) mass is 205 g/mol. The minimum atomic E-state index is 0.422. The Morgan fingerprint density at radius 1 is 1.27 bits per heavy atom. The van der Waals surface area contributed by atoms with E-state index in [1.165, 1.54) is 5.56 Å². The maximum absolute atomic E-state index is 5.78. The summed E-state index contributed by atoms with van der Waals surface area (Å²) in [6, 6.07) is 8.89. The number of benzene rings is 1. The zero-order valence-corrected chi connectivity index (χ0v) is 9.28. The van der Waals surface area contributed by atoms with E-state index in [0.717, 1.165) is 31.6 Å². The first-order valence-electron chi connectivity index (χ1n) is 5.78. The lowest BCUT2D eigenvalue weighted by Crippen LogP contribution is -2.34. The Bertz CT molecular complexity index is 301. The lowest BCUT2D eigenvalue weighted by Gasteiger charge is -2.32. The molecular weight excluding hydrogens is 186 g/mol. The first-order valence-corrected chi connectivity index (χ1v) is 5.78. The molecule has 82 valence electrons.